The van der Waals surface area contributed by atoms with E-state index in [4.69, 9.17) is 12.2 Å². The minimum atomic E-state index is -0.124. The van der Waals surface area contributed by atoms with Gasteiger partial charge in [0.1, 0.15) is 4.99 Å². The molecule has 4 rings (SSSR count). The van der Waals surface area contributed by atoms with Crippen LogP contribution in [-0.4, -0.2) is 42.1 Å². The van der Waals surface area contributed by atoms with Crippen molar-refractivity contribution in [2.75, 3.05) is 31.1 Å². The van der Waals surface area contributed by atoms with Crippen molar-refractivity contribution in [3.8, 4) is 0 Å². The lowest BCUT2D eigenvalue weighted by Crippen LogP contribution is -2.52. The zero-order valence-corrected chi connectivity index (χ0v) is 15.8. The van der Waals surface area contributed by atoms with Crippen LogP contribution in [-0.2, 0) is 0 Å². The van der Waals surface area contributed by atoms with Gasteiger partial charge in [-0.2, -0.15) is 0 Å². The van der Waals surface area contributed by atoms with Crippen molar-refractivity contribution in [3.63, 3.8) is 0 Å². The third-order valence-corrected chi connectivity index (χ3v) is 5.26. The number of amides is 2. The van der Waals surface area contributed by atoms with Gasteiger partial charge in [-0.15, -0.1) is 0 Å². The lowest BCUT2D eigenvalue weighted by Gasteiger charge is -2.36. The van der Waals surface area contributed by atoms with Crippen LogP contribution in [0.25, 0.3) is 10.8 Å². The number of benzene rings is 3. The van der Waals surface area contributed by atoms with Crippen molar-refractivity contribution in [3.05, 3.63) is 78.4 Å². The molecule has 1 aliphatic heterocycles. The van der Waals surface area contributed by atoms with Crippen LogP contribution in [0.2, 0.25) is 0 Å². The van der Waals surface area contributed by atoms with Crippen LogP contribution in [0.1, 0.15) is 5.56 Å². The number of fused-ring (bicyclic) bond motifs is 1. The predicted octanol–water partition coefficient (Wildman–Crippen LogP) is 4.05. The molecule has 0 bridgehead atoms. The van der Waals surface area contributed by atoms with Crippen LogP contribution in [0.3, 0.4) is 0 Å². The normalized spacial score (nSPS) is 14.2. The first-order valence-electron chi connectivity index (χ1n) is 9.10. The number of urea groups is 1. The van der Waals surface area contributed by atoms with Gasteiger partial charge in [0.15, 0.2) is 0 Å². The number of hydrogen-bond donors (Lipinski definition) is 1. The van der Waals surface area contributed by atoms with E-state index < -0.39 is 0 Å². The first kappa shape index (κ1) is 17.5. The highest BCUT2D eigenvalue weighted by Gasteiger charge is 2.22. The Balaban J connectivity index is 1.40. The zero-order valence-electron chi connectivity index (χ0n) is 15.0. The van der Waals surface area contributed by atoms with Gasteiger partial charge in [0.05, 0.1) is 0 Å². The summed E-state index contributed by atoms with van der Waals surface area (Å²) in [7, 11) is 0. The van der Waals surface area contributed by atoms with Crippen LogP contribution in [0, 0.1) is 0 Å². The van der Waals surface area contributed by atoms with Gasteiger partial charge in [-0.05, 0) is 22.9 Å². The number of thiocarbonyl (C=S) groups is 1. The van der Waals surface area contributed by atoms with Crippen molar-refractivity contribution in [1.29, 1.82) is 0 Å². The molecule has 0 spiro atoms. The third kappa shape index (κ3) is 3.78. The molecule has 1 N–H and O–H groups in total. The molecule has 27 heavy (non-hydrogen) atoms. The van der Waals surface area contributed by atoms with Crippen LogP contribution in [0.4, 0.5) is 10.5 Å². The summed E-state index contributed by atoms with van der Waals surface area (Å²) < 4.78 is 0. The summed E-state index contributed by atoms with van der Waals surface area (Å²) in [6.07, 6.45) is 0. The molecule has 0 aromatic heterocycles. The number of nitrogens with zero attached hydrogens (tertiary/aromatic N) is 2. The van der Waals surface area contributed by atoms with Gasteiger partial charge >= 0.3 is 6.03 Å². The maximum atomic E-state index is 12.7. The summed E-state index contributed by atoms with van der Waals surface area (Å²) in [6, 6.07) is 24.2. The molecule has 1 aliphatic rings. The molecule has 1 fully saturated rings. The Morgan fingerprint density at radius 2 is 1.48 bits per heavy atom. The molecule has 0 unspecified atom stereocenters. The van der Waals surface area contributed by atoms with Crippen molar-refractivity contribution in [2.24, 2.45) is 0 Å². The number of hydrogen-bond acceptors (Lipinski definition) is 3. The molecular formula is C22H21N3OS. The minimum Gasteiger partial charge on any atom is -0.368 e. The molecule has 2 amide bonds. The van der Waals surface area contributed by atoms with Gasteiger partial charge in [0, 0.05) is 37.4 Å². The van der Waals surface area contributed by atoms with E-state index >= 15 is 0 Å². The smallest absolute Gasteiger partial charge is 0.322 e. The van der Waals surface area contributed by atoms with Crippen molar-refractivity contribution in [2.45, 2.75) is 0 Å². The Kier molecular flexibility index (Phi) is 5.03. The van der Waals surface area contributed by atoms with Crippen molar-refractivity contribution < 1.29 is 4.79 Å². The molecule has 0 atom stereocenters. The highest BCUT2D eigenvalue weighted by atomic mass is 32.1. The molecule has 4 nitrogen and oxygen atoms in total. The van der Waals surface area contributed by atoms with Crippen LogP contribution >= 0.6 is 12.2 Å². The molecule has 1 heterocycles. The van der Waals surface area contributed by atoms with Gasteiger partial charge in [0.2, 0.25) is 0 Å². The second-order valence-corrected chi connectivity index (χ2v) is 7.00. The largest absolute Gasteiger partial charge is 0.368 e. The average Bonchev–Trinajstić information content (AvgIpc) is 2.74. The number of para-hydroxylation sites is 1. The van der Waals surface area contributed by atoms with Crippen molar-refractivity contribution in [1.82, 2.24) is 10.2 Å². The quantitative estimate of drug-likeness (QED) is 0.687. The second kappa shape index (κ2) is 7.76. The summed E-state index contributed by atoms with van der Waals surface area (Å²) in [5, 5.41) is 5.08. The Hall–Kier alpha value is -2.92. The molecule has 0 aliphatic carbocycles. The lowest BCUT2D eigenvalue weighted by molar-refractivity contribution is 0.199. The SMILES string of the molecule is O=C(NC(=S)c1cccc2ccccc12)N1CCN(c2ccccc2)CC1. The standard InChI is InChI=1S/C22H21N3OS/c26-22(25-15-13-24(14-16-25)18-9-2-1-3-10-18)23-21(27)20-12-6-8-17-7-4-5-11-19(17)20/h1-12H,13-16H2,(H,23,26,27). The van der Waals surface area contributed by atoms with Crippen LogP contribution in [0.15, 0.2) is 72.8 Å². The van der Waals surface area contributed by atoms with Gasteiger partial charge in [-0.1, -0.05) is 72.9 Å². The molecule has 3 aromatic rings. The maximum Gasteiger partial charge on any atom is 0.322 e. The van der Waals surface area contributed by atoms with Gasteiger partial charge < -0.3 is 9.80 Å². The first-order valence-corrected chi connectivity index (χ1v) is 9.51. The average molecular weight is 375 g/mol. The van der Waals surface area contributed by atoms with Crippen molar-refractivity contribution >= 4 is 39.7 Å². The molecule has 136 valence electrons. The zero-order chi connectivity index (χ0) is 18.6. The maximum absolute atomic E-state index is 12.7. The molecule has 0 saturated carbocycles. The van der Waals surface area contributed by atoms with E-state index in [1.807, 2.05) is 65.6 Å². The van der Waals surface area contributed by atoms with E-state index in [-0.39, 0.29) is 6.03 Å². The molecule has 1 saturated heterocycles. The summed E-state index contributed by atoms with van der Waals surface area (Å²) >= 11 is 5.52. The van der Waals surface area contributed by atoms with E-state index in [1.54, 1.807) is 0 Å². The minimum absolute atomic E-state index is 0.124. The molecule has 5 heteroatoms. The van der Waals surface area contributed by atoms with Crippen LogP contribution < -0.4 is 10.2 Å². The summed E-state index contributed by atoms with van der Waals surface area (Å²) in [5.41, 5.74) is 2.09. The highest BCUT2D eigenvalue weighted by molar-refractivity contribution is 7.80. The molecule has 0 radical (unpaired) electrons. The number of anilines is 1. The summed E-state index contributed by atoms with van der Waals surface area (Å²) in [4.78, 5) is 17.3. The number of carbonyl (C=O) groups is 1. The topological polar surface area (TPSA) is 35.6 Å². The monoisotopic (exact) mass is 375 g/mol. The van der Waals surface area contributed by atoms with E-state index in [0.29, 0.717) is 18.1 Å². The Morgan fingerprint density at radius 1 is 0.815 bits per heavy atom. The predicted molar refractivity (Wildman–Crippen MR) is 114 cm³/mol. The summed E-state index contributed by atoms with van der Waals surface area (Å²) in [6.45, 7) is 2.99. The Labute approximate surface area is 164 Å². The molecular weight excluding hydrogens is 354 g/mol. The van der Waals surface area contributed by atoms with E-state index in [0.717, 1.165) is 29.4 Å². The van der Waals surface area contributed by atoms with Gasteiger partial charge in [-0.3, -0.25) is 5.32 Å². The fourth-order valence-electron chi connectivity index (χ4n) is 3.47. The number of carbonyl (C=O) groups excluding carboxylic acids is 1. The first-order chi connectivity index (χ1) is 13.2. The number of rotatable bonds is 2. The summed E-state index contributed by atoms with van der Waals surface area (Å²) in [5.74, 6) is 0. The Bertz CT molecular complexity index is 960. The van der Waals surface area contributed by atoms with E-state index in [9.17, 15) is 4.79 Å². The Morgan fingerprint density at radius 3 is 2.26 bits per heavy atom. The highest BCUT2D eigenvalue weighted by Crippen LogP contribution is 2.19. The number of piperazine rings is 1. The van der Waals surface area contributed by atoms with Gasteiger partial charge in [0.25, 0.3) is 0 Å². The van der Waals surface area contributed by atoms with Gasteiger partial charge in [-0.25, -0.2) is 4.79 Å². The van der Waals surface area contributed by atoms with E-state index in [1.165, 1.54) is 5.69 Å². The third-order valence-electron chi connectivity index (χ3n) is 4.94. The molecule has 3 aromatic carbocycles. The fourth-order valence-corrected chi connectivity index (χ4v) is 3.74. The lowest BCUT2D eigenvalue weighted by atomic mass is 10.0. The number of nitrogens with one attached hydrogen (secondary N) is 1. The fraction of sp³-hybridized carbons (Fsp3) is 0.182. The van der Waals surface area contributed by atoms with Crippen LogP contribution in [0.5, 0.6) is 0 Å². The second-order valence-electron chi connectivity index (χ2n) is 6.60. The van der Waals surface area contributed by atoms with E-state index in [2.05, 4.69) is 22.3 Å².